The summed E-state index contributed by atoms with van der Waals surface area (Å²) in [6.45, 7) is 7.65. The second-order valence-corrected chi connectivity index (χ2v) is 10.6. The minimum atomic E-state index is -0.370. The van der Waals surface area contributed by atoms with Gasteiger partial charge in [-0.3, -0.25) is 4.79 Å². The summed E-state index contributed by atoms with van der Waals surface area (Å²) in [5.74, 6) is 2.31. The Morgan fingerprint density at radius 3 is 2.20 bits per heavy atom. The zero-order valence-corrected chi connectivity index (χ0v) is 23.5. The highest BCUT2D eigenvalue weighted by molar-refractivity contribution is 5.77. The van der Waals surface area contributed by atoms with Crippen LogP contribution in [-0.4, -0.2) is 75.3 Å². The normalized spacial score (nSPS) is 13.6. The number of rotatable bonds is 9. The maximum Gasteiger partial charge on any atom is 0.244 e. The van der Waals surface area contributed by atoms with Crippen molar-refractivity contribution in [3.8, 4) is 22.8 Å². The van der Waals surface area contributed by atoms with Crippen LogP contribution in [0.4, 0.5) is 20.4 Å². The molecule has 2 aromatic carbocycles. The van der Waals surface area contributed by atoms with E-state index in [0.29, 0.717) is 54.9 Å². The second-order valence-electron chi connectivity index (χ2n) is 10.6. The average Bonchev–Trinajstić information content (AvgIpc) is 3.40. The van der Waals surface area contributed by atoms with Crippen molar-refractivity contribution in [1.82, 2.24) is 29.6 Å². The zero-order chi connectivity index (χ0) is 28.9. The fourth-order valence-electron chi connectivity index (χ4n) is 4.68. The van der Waals surface area contributed by atoms with Gasteiger partial charge in [0.2, 0.25) is 5.91 Å². The van der Waals surface area contributed by atoms with E-state index in [4.69, 9.17) is 0 Å². The number of amides is 1. The molecule has 0 atom stereocenters. The lowest BCUT2D eigenvalue weighted by Crippen LogP contribution is -2.50. The second kappa shape index (κ2) is 12.4. The summed E-state index contributed by atoms with van der Waals surface area (Å²) in [6.07, 6.45) is 2.67. The molecule has 0 aliphatic carbocycles. The summed E-state index contributed by atoms with van der Waals surface area (Å²) >= 11 is 0. The first-order valence-electron chi connectivity index (χ1n) is 13.8. The molecular weight excluding hydrogens is 526 g/mol. The molecule has 1 aliphatic heterocycles. The number of anilines is 2. The molecule has 0 N–H and O–H groups in total. The Balaban J connectivity index is 1.27. The molecule has 3 heterocycles. The minimum Gasteiger partial charge on any atom is -0.360 e. The summed E-state index contributed by atoms with van der Waals surface area (Å²) in [5.41, 5.74) is 1.25. The van der Waals surface area contributed by atoms with E-state index in [-0.39, 0.29) is 24.1 Å². The first kappa shape index (κ1) is 28.1. The first-order chi connectivity index (χ1) is 19.8. The van der Waals surface area contributed by atoms with E-state index in [2.05, 4.69) is 43.7 Å². The van der Waals surface area contributed by atoms with Crippen LogP contribution in [0.15, 0.2) is 60.9 Å². The number of hydrogen-bond donors (Lipinski definition) is 0. The summed E-state index contributed by atoms with van der Waals surface area (Å²) in [4.78, 5) is 33.0. The van der Waals surface area contributed by atoms with Crippen LogP contribution in [0, 0.1) is 17.6 Å². The molecule has 2 aromatic heterocycles. The van der Waals surface area contributed by atoms with Gasteiger partial charge in [-0.2, -0.15) is 0 Å². The van der Waals surface area contributed by atoms with Crippen LogP contribution in [0.2, 0.25) is 0 Å². The fraction of sp³-hybridized carbons (Fsp3) is 0.367. The van der Waals surface area contributed by atoms with Crippen molar-refractivity contribution in [2.45, 2.75) is 26.8 Å². The molecule has 1 fully saturated rings. The van der Waals surface area contributed by atoms with Crippen molar-refractivity contribution in [3.63, 3.8) is 0 Å². The molecule has 0 unspecified atom stereocenters. The predicted octanol–water partition coefficient (Wildman–Crippen LogP) is 4.51. The zero-order valence-electron chi connectivity index (χ0n) is 23.5. The van der Waals surface area contributed by atoms with Gasteiger partial charge in [0.1, 0.15) is 36.1 Å². The molecule has 4 aromatic rings. The monoisotopic (exact) mass is 560 g/mol. The van der Waals surface area contributed by atoms with Crippen LogP contribution in [0.25, 0.3) is 22.8 Å². The largest absolute Gasteiger partial charge is 0.360 e. The topological polar surface area (TPSA) is 83.3 Å². The van der Waals surface area contributed by atoms with Crippen molar-refractivity contribution < 1.29 is 13.6 Å². The van der Waals surface area contributed by atoms with Crippen molar-refractivity contribution in [1.29, 1.82) is 0 Å². The summed E-state index contributed by atoms with van der Waals surface area (Å²) in [6, 6.07) is 13.7. The molecule has 9 nitrogen and oxygen atoms in total. The van der Waals surface area contributed by atoms with Crippen molar-refractivity contribution >= 4 is 17.5 Å². The molecule has 1 aliphatic rings. The number of nitrogens with zero attached hydrogens (tertiary/aromatic N) is 8. The highest BCUT2D eigenvalue weighted by Crippen LogP contribution is 2.24. The van der Waals surface area contributed by atoms with Crippen LogP contribution < -0.4 is 9.80 Å². The van der Waals surface area contributed by atoms with Gasteiger partial charge < -0.3 is 14.7 Å². The Bertz CT molecular complexity index is 1460. The van der Waals surface area contributed by atoms with E-state index in [1.54, 1.807) is 35.5 Å². The molecule has 1 saturated heterocycles. The Morgan fingerprint density at radius 1 is 0.927 bits per heavy atom. The Labute approximate surface area is 238 Å². The van der Waals surface area contributed by atoms with Gasteiger partial charge in [-0.1, -0.05) is 13.8 Å². The Hall–Kier alpha value is -4.41. The number of halogens is 2. The van der Waals surface area contributed by atoms with Crippen LogP contribution in [0.1, 0.15) is 20.3 Å². The molecule has 0 spiro atoms. The van der Waals surface area contributed by atoms with Gasteiger partial charge in [0.15, 0.2) is 11.6 Å². The molecule has 0 bridgehead atoms. The van der Waals surface area contributed by atoms with Crippen molar-refractivity contribution in [3.05, 3.63) is 72.6 Å². The van der Waals surface area contributed by atoms with Gasteiger partial charge in [0, 0.05) is 57.0 Å². The lowest BCUT2D eigenvalue weighted by Gasteiger charge is -2.35. The van der Waals surface area contributed by atoms with Crippen LogP contribution in [-0.2, 0) is 11.3 Å². The van der Waals surface area contributed by atoms with Gasteiger partial charge in [0.25, 0.3) is 0 Å². The smallest absolute Gasteiger partial charge is 0.244 e. The first-order valence-corrected chi connectivity index (χ1v) is 13.8. The molecule has 1 amide bonds. The molecule has 11 heteroatoms. The van der Waals surface area contributed by atoms with E-state index in [1.165, 1.54) is 28.9 Å². The highest BCUT2D eigenvalue weighted by atomic mass is 19.1. The minimum absolute atomic E-state index is 0.0286. The number of carbonyl (C=O) groups excluding carboxylic acids is 1. The van der Waals surface area contributed by atoms with E-state index in [1.807, 2.05) is 13.1 Å². The summed E-state index contributed by atoms with van der Waals surface area (Å²) in [7, 11) is 2.04. The van der Waals surface area contributed by atoms with Crippen molar-refractivity contribution in [2.75, 3.05) is 49.6 Å². The third-order valence-corrected chi connectivity index (χ3v) is 7.19. The molecule has 0 saturated carbocycles. The van der Waals surface area contributed by atoms with E-state index in [0.717, 1.165) is 24.6 Å². The van der Waals surface area contributed by atoms with Crippen LogP contribution in [0.3, 0.4) is 0 Å². The molecular formula is C30H34F2N8O. The van der Waals surface area contributed by atoms with Gasteiger partial charge in [-0.05, 0) is 60.9 Å². The van der Waals surface area contributed by atoms with Gasteiger partial charge in [-0.15, -0.1) is 5.10 Å². The molecule has 214 valence electrons. The molecule has 41 heavy (non-hydrogen) atoms. The maximum absolute atomic E-state index is 13.6. The Morgan fingerprint density at radius 2 is 1.56 bits per heavy atom. The van der Waals surface area contributed by atoms with E-state index in [9.17, 15) is 13.6 Å². The summed E-state index contributed by atoms with van der Waals surface area (Å²) < 4.78 is 28.6. The molecule has 0 radical (unpaired) electrons. The van der Waals surface area contributed by atoms with E-state index < -0.39 is 0 Å². The van der Waals surface area contributed by atoms with Gasteiger partial charge >= 0.3 is 0 Å². The third-order valence-electron chi connectivity index (χ3n) is 7.19. The van der Waals surface area contributed by atoms with Crippen LogP contribution >= 0.6 is 0 Å². The van der Waals surface area contributed by atoms with Crippen molar-refractivity contribution in [2.24, 2.45) is 5.92 Å². The summed E-state index contributed by atoms with van der Waals surface area (Å²) in [5, 5.41) is 4.57. The quantitative estimate of drug-likeness (QED) is 0.298. The predicted molar refractivity (Wildman–Crippen MR) is 154 cm³/mol. The Kier molecular flexibility index (Phi) is 8.51. The van der Waals surface area contributed by atoms with Crippen LogP contribution in [0.5, 0.6) is 0 Å². The standard InChI is InChI=1S/C30H34F2N8O/c1-21(2)12-13-37(3)26-18-27(34-20-33-26)38-14-16-39(17-15-38)28(41)19-40-30(23-6-10-25(32)11-7-23)35-29(36-40)22-4-8-24(31)9-5-22/h4-11,18,20-21H,12-17,19H2,1-3H3. The molecule has 5 rings (SSSR count). The number of carbonyl (C=O) groups is 1. The van der Waals surface area contributed by atoms with Gasteiger partial charge in [0.05, 0.1) is 0 Å². The number of benzene rings is 2. The lowest BCUT2D eigenvalue weighted by molar-refractivity contribution is -0.132. The number of hydrogen-bond acceptors (Lipinski definition) is 7. The average molecular weight is 561 g/mol. The van der Waals surface area contributed by atoms with E-state index >= 15 is 0 Å². The highest BCUT2D eigenvalue weighted by Gasteiger charge is 2.24. The SMILES string of the molecule is CC(C)CCN(C)c1cc(N2CCN(C(=O)Cn3nc(-c4ccc(F)cc4)nc3-c3ccc(F)cc3)CC2)ncn1. The fourth-order valence-corrected chi connectivity index (χ4v) is 4.68. The lowest BCUT2D eigenvalue weighted by atomic mass is 10.1. The maximum atomic E-state index is 13.6. The third kappa shape index (κ3) is 6.85. The number of piperazine rings is 1. The van der Waals surface area contributed by atoms with Gasteiger partial charge in [-0.25, -0.2) is 28.4 Å². The number of aromatic nitrogens is 5.